The van der Waals surface area contributed by atoms with Gasteiger partial charge >= 0.3 is 0 Å². The molecular formula is C14H20ClN. The van der Waals surface area contributed by atoms with E-state index in [1.54, 1.807) is 0 Å². The highest BCUT2D eigenvalue weighted by atomic mass is 35.5. The van der Waals surface area contributed by atoms with E-state index in [1.807, 2.05) is 12.1 Å². The van der Waals surface area contributed by atoms with E-state index >= 15 is 0 Å². The van der Waals surface area contributed by atoms with Crippen LogP contribution < -0.4 is 5.32 Å². The molecule has 0 aromatic heterocycles. The SMILES string of the molecule is CC1CCC(N[C@H](C)c2ccc(Cl)cc2)C1. The highest BCUT2D eigenvalue weighted by Gasteiger charge is 2.22. The lowest BCUT2D eigenvalue weighted by Gasteiger charge is -2.19. The Morgan fingerprint density at radius 1 is 1.25 bits per heavy atom. The normalized spacial score (nSPS) is 26.9. The van der Waals surface area contributed by atoms with E-state index in [0.717, 1.165) is 10.9 Å². The Bertz CT molecular complexity index is 333. The van der Waals surface area contributed by atoms with Gasteiger partial charge in [0, 0.05) is 17.1 Å². The molecule has 0 radical (unpaired) electrons. The topological polar surface area (TPSA) is 12.0 Å². The van der Waals surface area contributed by atoms with E-state index < -0.39 is 0 Å². The molecule has 2 rings (SSSR count). The van der Waals surface area contributed by atoms with Gasteiger partial charge < -0.3 is 5.32 Å². The largest absolute Gasteiger partial charge is 0.307 e. The highest BCUT2D eigenvalue weighted by molar-refractivity contribution is 6.30. The van der Waals surface area contributed by atoms with E-state index in [0.29, 0.717) is 12.1 Å². The molecular weight excluding hydrogens is 218 g/mol. The van der Waals surface area contributed by atoms with Crippen molar-refractivity contribution >= 4 is 11.6 Å². The molecule has 1 aromatic carbocycles. The third kappa shape index (κ3) is 2.99. The molecule has 2 heteroatoms. The van der Waals surface area contributed by atoms with Crippen LogP contribution in [0.4, 0.5) is 0 Å². The van der Waals surface area contributed by atoms with Crippen molar-refractivity contribution in [2.75, 3.05) is 0 Å². The molecule has 1 nitrogen and oxygen atoms in total. The Hall–Kier alpha value is -0.530. The van der Waals surface area contributed by atoms with Gasteiger partial charge in [0.05, 0.1) is 0 Å². The molecule has 1 aromatic rings. The summed E-state index contributed by atoms with van der Waals surface area (Å²) in [6, 6.07) is 9.27. The second-order valence-corrected chi connectivity index (χ2v) is 5.49. The molecule has 1 aliphatic carbocycles. The Kier molecular flexibility index (Phi) is 3.88. The predicted octanol–water partition coefficient (Wildman–Crippen LogP) is 4.18. The summed E-state index contributed by atoms with van der Waals surface area (Å²) in [5.74, 6) is 0.884. The molecule has 0 bridgehead atoms. The summed E-state index contributed by atoms with van der Waals surface area (Å²) in [6.07, 6.45) is 4.00. The molecule has 1 aliphatic rings. The van der Waals surface area contributed by atoms with Crippen molar-refractivity contribution in [1.29, 1.82) is 0 Å². The van der Waals surface area contributed by atoms with Crippen LogP contribution in [0.2, 0.25) is 5.02 Å². The standard InChI is InChI=1S/C14H20ClN/c1-10-3-8-14(9-10)16-11(2)12-4-6-13(15)7-5-12/h4-7,10-11,14,16H,3,8-9H2,1-2H3/t10?,11-,14?/m1/s1. The second kappa shape index (κ2) is 5.20. The maximum atomic E-state index is 5.89. The Morgan fingerprint density at radius 2 is 1.94 bits per heavy atom. The van der Waals surface area contributed by atoms with Gasteiger partial charge in [0.15, 0.2) is 0 Å². The van der Waals surface area contributed by atoms with Gasteiger partial charge in [0.2, 0.25) is 0 Å². The molecule has 0 spiro atoms. The van der Waals surface area contributed by atoms with Gasteiger partial charge in [-0.2, -0.15) is 0 Å². The Labute approximate surface area is 103 Å². The summed E-state index contributed by atoms with van der Waals surface area (Å²) < 4.78 is 0. The minimum Gasteiger partial charge on any atom is -0.307 e. The van der Waals surface area contributed by atoms with Crippen LogP contribution in [-0.2, 0) is 0 Å². The first kappa shape index (κ1) is 11.9. The fourth-order valence-electron chi connectivity index (χ4n) is 2.56. The quantitative estimate of drug-likeness (QED) is 0.832. The summed E-state index contributed by atoms with van der Waals surface area (Å²) in [5.41, 5.74) is 1.32. The van der Waals surface area contributed by atoms with Gasteiger partial charge in [0.1, 0.15) is 0 Å². The van der Waals surface area contributed by atoms with Crippen molar-refractivity contribution in [1.82, 2.24) is 5.32 Å². The van der Waals surface area contributed by atoms with E-state index in [2.05, 4.69) is 31.3 Å². The van der Waals surface area contributed by atoms with E-state index in [4.69, 9.17) is 11.6 Å². The first-order chi connectivity index (χ1) is 7.65. The number of halogens is 1. The lowest BCUT2D eigenvalue weighted by atomic mass is 10.1. The van der Waals surface area contributed by atoms with Crippen LogP contribution in [0.5, 0.6) is 0 Å². The van der Waals surface area contributed by atoms with E-state index in [1.165, 1.54) is 24.8 Å². The first-order valence-electron chi connectivity index (χ1n) is 6.16. The number of benzene rings is 1. The molecule has 0 saturated heterocycles. The molecule has 1 saturated carbocycles. The fraction of sp³-hybridized carbons (Fsp3) is 0.571. The minimum absolute atomic E-state index is 0.424. The van der Waals surface area contributed by atoms with Crippen LogP contribution in [0.15, 0.2) is 24.3 Å². The van der Waals surface area contributed by atoms with Gasteiger partial charge in [-0.15, -0.1) is 0 Å². The van der Waals surface area contributed by atoms with Crippen molar-refractivity contribution in [3.63, 3.8) is 0 Å². The summed E-state index contributed by atoms with van der Waals surface area (Å²) in [4.78, 5) is 0. The zero-order valence-electron chi connectivity index (χ0n) is 10.0. The lowest BCUT2D eigenvalue weighted by molar-refractivity contribution is 0.449. The zero-order chi connectivity index (χ0) is 11.5. The van der Waals surface area contributed by atoms with Crippen LogP contribution in [-0.4, -0.2) is 6.04 Å². The van der Waals surface area contributed by atoms with Gasteiger partial charge in [-0.05, 0) is 49.8 Å². The molecule has 1 N–H and O–H groups in total. The molecule has 0 aliphatic heterocycles. The van der Waals surface area contributed by atoms with Crippen LogP contribution in [0, 0.1) is 5.92 Å². The second-order valence-electron chi connectivity index (χ2n) is 5.06. The van der Waals surface area contributed by atoms with Crippen molar-refractivity contribution in [2.24, 2.45) is 5.92 Å². The number of hydrogen-bond acceptors (Lipinski definition) is 1. The van der Waals surface area contributed by atoms with Crippen molar-refractivity contribution < 1.29 is 0 Å². The van der Waals surface area contributed by atoms with Gasteiger partial charge in [-0.1, -0.05) is 30.7 Å². The molecule has 0 heterocycles. The maximum Gasteiger partial charge on any atom is 0.0406 e. The average Bonchev–Trinajstić information content (AvgIpc) is 2.65. The van der Waals surface area contributed by atoms with Crippen LogP contribution in [0.3, 0.4) is 0 Å². The number of nitrogens with one attached hydrogen (secondary N) is 1. The average molecular weight is 238 g/mol. The van der Waals surface area contributed by atoms with Crippen LogP contribution in [0.25, 0.3) is 0 Å². The summed E-state index contributed by atoms with van der Waals surface area (Å²) >= 11 is 5.89. The summed E-state index contributed by atoms with van der Waals surface area (Å²) in [7, 11) is 0. The molecule has 16 heavy (non-hydrogen) atoms. The minimum atomic E-state index is 0.424. The van der Waals surface area contributed by atoms with Crippen molar-refractivity contribution in [2.45, 2.75) is 45.2 Å². The van der Waals surface area contributed by atoms with E-state index in [-0.39, 0.29) is 0 Å². The molecule has 88 valence electrons. The maximum absolute atomic E-state index is 5.89. The predicted molar refractivity (Wildman–Crippen MR) is 69.8 cm³/mol. The number of hydrogen-bond donors (Lipinski definition) is 1. The Balaban J connectivity index is 1.92. The third-order valence-corrected chi connectivity index (χ3v) is 3.80. The molecule has 2 unspecified atom stereocenters. The number of rotatable bonds is 3. The van der Waals surface area contributed by atoms with Gasteiger partial charge in [-0.3, -0.25) is 0 Å². The van der Waals surface area contributed by atoms with Crippen LogP contribution >= 0.6 is 11.6 Å². The summed E-state index contributed by atoms with van der Waals surface area (Å²) in [6.45, 7) is 4.57. The van der Waals surface area contributed by atoms with Gasteiger partial charge in [0.25, 0.3) is 0 Å². The van der Waals surface area contributed by atoms with E-state index in [9.17, 15) is 0 Å². The fourth-order valence-corrected chi connectivity index (χ4v) is 2.69. The zero-order valence-corrected chi connectivity index (χ0v) is 10.8. The smallest absolute Gasteiger partial charge is 0.0406 e. The molecule has 1 fully saturated rings. The monoisotopic (exact) mass is 237 g/mol. The van der Waals surface area contributed by atoms with Crippen molar-refractivity contribution in [3.8, 4) is 0 Å². The third-order valence-electron chi connectivity index (χ3n) is 3.55. The Morgan fingerprint density at radius 3 is 2.50 bits per heavy atom. The highest BCUT2D eigenvalue weighted by Crippen LogP contribution is 2.27. The van der Waals surface area contributed by atoms with Crippen molar-refractivity contribution in [3.05, 3.63) is 34.9 Å². The lowest BCUT2D eigenvalue weighted by Crippen LogP contribution is -2.29. The summed E-state index contributed by atoms with van der Waals surface area (Å²) in [5, 5.41) is 4.51. The molecule has 3 atom stereocenters. The van der Waals surface area contributed by atoms with Gasteiger partial charge in [-0.25, -0.2) is 0 Å². The van der Waals surface area contributed by atoms with Crippen LogP contribution in [0.1, 0.15) is 44.7 Å². The first-order valence-corrected chi connectivity index (χ1v) is 6.54. The molecule has 0 amide bonds.